The van der Waals surface area contributed by atoms with Crippen molar-refractivity contribution in [2.24, 2.45) is 11.8 Å². The summed E-state index contributed by atoms with van der Waals surface area (Å²) in [6.45, 7) is 10.4. The Balaban J connectivity index is 1.94. The third kappa shape index (κ3) is 3.63. The normalized spacial score (nSPS) is 24.0. The largest absolute Gasteiger partial charge is 0.459 e. The van der Waals surface area contributed by atoms with Gasteiger partial charge in [0.1, 0.15) is 6.10 Å². The summed E-state index contributed by atoms with van der Waals surface area (Å²) in [4.78, 5) is 11.8. The summed E-state index contributed by atoms with van der Waals surface area (Å²) in [5.41, 5.74) is 1.25. The Hall–Kier alpha value is -2.09. The first kappa shape index (κ1) is 17.7. The fourth-order valence-corrected chi connectivity index (χ4v) is 4.29. The number of esters is 1. The van der Waals surface area contributed by atoms with Gasteiger partial charge in [-0.05, 0) is 40.5 Å². The number of carbonyl (C=O) groups excluding carboxylic acids is 1. The van der Waals surface area contributed by atoms with Crippen molar-refractivity contribution >= 4 is 16.7 Å². The van der Waals surface area contributed by atoms with Gasteiger partial charge < -0.3 is 4.74 Å². The van der Waals surface area contributed by atoms with E-state index in [1.807, 2.05) is 0 Å². The molecule has 0 heterocycles. The molecule has 0 aromatic heterocycles. The van der Waals surface area contributed by atoms with E-state index in [-0.39, 0.29) is 17.5 Å². The summed E-state index contributed by atoms with van der Waals surface area (Å²) >= 11 is 0. The zero-order valence-electron chi connectivity index (χ0n) is 15.5. The van der Waals surface area contributed by atoms with Crippen LogP contribution in [0.2, 0.25) is 0 Å². The van der Waals surface area contributed by atoms with Crippen LogP contribution in [0, 0.1) is 11.8 Å². The van der Waals surface area contributed by atoms with E-state index in [1.165, 1.54) is 28.8 Å². The Kier molecular flexibility index (Phi) is 4.99. The van der Waals surface area contributed by atoms with Crippen LogP contribution in [0.3, 0.4) is 0 Å². The Bertz CT molecular complexity index is 775. The van der Waals surface area contributed by atoms with Gasteiger partial charge >= 0.3 is 5.97 Å². The quantitative estimate of drug-likeness (QED) is 0.532. The Morgan fingerprint density at radius 3 is 2.60 bits per heavy atom. The molecule has 1 fully saturated rings. The standard InChI is InChI=1S/C23H28O2/c1-5-22(24)25-21-14-16(2)10-13-20(21)23(3,4)19-12-11-17-8-6-7-9-18(17)15-19/h5-9,11-12,15-16,20-21H,1,10,13-14H2,2-4H3/t16-,20-,21-/m1/s1. The topological polar surface area (TPSA) is 26.3 Å². The minimum absolute atomic E-state index is 0.0456. The van der Waals surface area contributed by atoms with Crippen LogP contribution in [-0.4, -0.2) is 12.1 Å². The van der Waals surface area contributed by atoms with Crippen molar-refractivity contribution in [2.45, 2.75) is 51.6 Å². The molecule has 2 nitrogen and oxygen atoms in total. The lowest BCUT2D eigenvalue weighted by molar-refractivity contribution is -0.150. The van der Waals surface area contributed by atoms with Crippen molar-refractivity contribution in [3.8, 4) is 0 Å². The average Bonchev–Trinajstić information content (AvgIpc) is 2.61. The van der Waals surface area contributed by atoms with Crippen molar-refractivity contribution in [2.75, 3.05) is 0 Å². The van der Waals surface area contributed by atoms with Crippen LogP contribution in [0.4, 0.5) is 0 Å². The Labute approximate surface area is 150 Å². The first-order valence-electron chi connectivity index (χ1n) is 9.24. The second-order valence-electron chi connectivity index (χ2n) is 7.99. The second-order valence-corrected chi connectivity index (χ2v) is 7.99. The van der Waals surface area contributed by atoms with Gasteiger partial charge in [0, 0.05) is 12.0 Å². The highest BCUT2D eigenvalue weighted by Gasteiger charge is 2.41. The van der Waals surface area contributed by atoms with Crippen LogP contribution < -0.4 is 0 Å². The first-order chi connectivity index (χ1) is 11.9. The second kappa shape index (κ2) is 7.03. The molecule has 0 aliphatic heterocycles. The monoisotopic (exact) mass is 336 g/mol. The summed E-state index contributed by atoms with van der Waals surface area (Å²) in [5, 5.41) is 2.52. The summed E-state index contributed by atoms with van der Waals surface area (Å²) in [6, 6.07) is 15.2. The zero-order chi connectivity index (χ0) is 18.0. The first-order valence-corrected chi connectivity index (χ1v) is 9.24. The molecule has 2 aromatic rings. The van der Waals surface area contributed by atoms with Crippen LogP contribution >= 0.6 is 0 Å². The maximum atomic E-state index is 11.8. The highest BCUT2D eigenvalue weighted by atomic mass is 16.5. The molecule has 132 valence electrons. The van der Waals surface area contributed by atoms with Gasteiger partial charge in [-0.2, -0.15) is 0 Å². The summed E-state index contributed by atoms with van der Waals surface area (Å²) in [7, 11) is 0. The molecule has 3 rings (SSSR count). The molecular weight excluding hydrogens is 308 g/mol. The molecule has 0 radical (unpaired) electrons. The molecule has 3 atom stereocenters. The van der Waals surface area contributed by atoms with Gasteiger partial charge in [-0.1, -0.05) is 76.2 Å². The molecule has 0 saturated heterocycles. The van der Waals surface area contributed by atoms with E-state index >= 15 is 0 Å². The van der Waals surface area contributed by atoms with Crippen LogP contribution in [0.5, 0.6) is 0 Å². The highest BCUT2D eigenvalue weighted by molar-refractivity contribution is 5.83. The lowest BCUT2D eigenvalue weighted by atomic mass is 9.64. The number of carbonyl (C=O) groups is 1. The van der Waals surface area contributed by atoms with Gasteiger partial charge in [0.25, 0.3) is 0 Å². The van der Waals surface area contributed by atoms with E-state index in [0.29, 0.717) is 11.8 Å². The van der Waals surface area contributed by atoms with Crippen molar-refractivity contribution in [3.63, 3.8) is 0 Å². The molecule has 0 N–H and O–H groups in total. The maximum Gasteiger partial charge on any atom is 0.330 e. The molecule has 1 aliphatic rings. The minimum atomic E-state index is -0.307. The number of fused-ring (bicyclic) bond motifs is 1. The van der Waals surface area contributed by atoms with Gasteiger partial charge in [-0.3, -0.25) is 0 Å². The summed E-state index contributed by atoms with van der Waals surface area (Å²) in [5.74, 6) is 0.596. The fraction of sp³-hybridized carbons (Fsp3) is 0.435. The smallest absolute Gasteiger partial charge is 0.330 e. The molecule has 25 heavy (non-hydrogen) atoms. The van der Waals surface area contributed by atoms with E-state index in [0.717, 1.165) is 12.8 Å². The average molecular weight is 336 g/mol. The van der Waals surface area contributed by atoms with Gasteiger partial charge in [0.2, 0.25) is 0 Å². The van der Waals surface area contributed by atoms with Crippen LogP contribution in [0.25, 0.3) is 10.8 Å². The third-order valence-electron chi connectivity index (χ3n) is 5.91. The van der Waals surface area contributed by atoms with E-state index in [2.05, 4.69) is 69.8 Å². The summed E-state index contributed by atoms with van der Waals surface area (Å²) < 4.78 is 5.76. The minimum Gasteiger partial charge on any atom is -0.459 e. The summed E-state index contributed by atoms with van der Waals surface area (Å²) in [6.07, 6.45) is 4.43. The SMILES string of the molecule is C=CC(=O)O[C@@H]1C[C@H](C)CC[C@H]1C(C)(C)c1ccc2ccccc2c1. The van der Waals surface area contributed by atoms with E-state index in [1.54, 1.807) is 0 Å². The number of hydrogen-bond acceptors (Lipinski definition) is 2. The molecule has 1 aliphatic carbocycles. The maximum absolute atomic E-state index is 11.8. The van der Waals surface area contributed by atoms with Crippen molar-refractivity contribution in [1.82, 2.24) is 0 Å². The number of rotatable bonds is 4. The third-order valence-corrected chi connectivity index (χ3v) is 5.91. The lowest BCUT2D eigenvalue weighted by Gasteiger charge is -2.44. The van der Waals surface area contributed by atoms with Crippen LogP contribution in [0.15, 0.2) is 55.1 Å². The van der Waals surface area contributed by atoms with Crippen molar-refractivity contribution < 1.29 is 9.53 Å². The zero-order valence-corrected chi connectivity index (χ0v) is 15.5. The molecule has 0 spiro atoms. The molecule has 2 aromatic carbocycles. The van der Waals surface area contributed by atoms with Gasteiger partial charge in [-0.25, -0.2) is 4.79 Å². The fourth-order valence-electron chi connectivity index (χ4n) is 4.29. The predicted molar refractivity (Wildman–Crippen MR) is 104 cm³/mol. The molecule has 0 unspecified atom stereocenters. The molecular formula is C23H28O2. The van der Waals surface area contributed by atoms with E-state index < -0.39 is 0 Å². The Morgan fingerprint density at radius 1 is 1.16 bits per heavy atom. The Morgan fingerprint density at radius 2 is 1.88 bits per heavy atom. The van der Waals surface area contributed by atoms with Gasteiger partial charge in [0.05, 0.1) is 0 Å². The number of benzene rings is 2. The molecule has 2 heteroatoms. The van der Waals surface area contributed by atoms with Crippen molar-refractivity contribution in [1.29, 1.82) is 0 Å². The van der Waals surface area contributed by atoms with Gasteiger partial charge in [-0.15, -0.1) is 0 Å². The predicted octanol–water partition coefficient (Wildman–Crippen LogP) is 5.65. The number of hydrogen-bond donors (Lipinski definition) is 0. The van der Waals surface area contributed by atoms with Crippen LogP contribution in [0.1, 0.15) is 45.6 Å². The molecule has 1 saturated carbocycles. The van der Waals surface area contributed by atoms with Crippen molar-refractivity contribution in [3.05, 3.63) is 60.7 Å². The molecule has 0 bridgehead atoms. The van der Waals surface area contributed by atoms with E-state index in [4.69, 9.17) is 4.74 Å². The van der Waals surface area contributed by atoms with E-state index in [9.17, 15) is 4.79 Å². The molecule has 0 amide bonds. The lowest BCUT2D eigenvalue weighted by Crippen LogP contribution is -2.43. The number of ether oxygens (including phenoxy) is 1. The van der Waals surface area contributed by atoms with Crippen LogP contribution in [-0.2, 0) is 14.9 Å². The highest BCUT2D eigenvalue weighted by Crippen LogP contribution is 2.44. The van der Waals surface area contributed by atoms with Gasteiger partial charge in [0.15, 0.2) is 0 Å².